The summed E-state index contributed by atoms with van der Waals surface area (Å²) in [5.41, 5.74) is 8.83. The molecule has 0 aliphatic heterocycles. The average Bonchev–Trinajstić information content (AvgIpc) is 3.54. The molecular weight excluding hydrogens is 448 g/mol. The van der Waals surface area contributed by atoms with Gasteiger partial charge in [-0.05, 0) is 60.6 Å². The number of benzene rings is 2. The Morgan fingerprint density at radius 1 is 1.17 bits per heavy atom. The van der Waals surface area contributed by atoms with Crippen LogP contribution in [0.15, 0.2) is 60.9 Å². The minimum Gasteiger partial charge on any atom is -0.466 e. The molecule has 186 valence electrons. The van der Waals surface area contributed by atoms with Gasteiger partial charge in [0.05, 0.1) is 12.8 Å². The van der Waals surface area contributed by atoms with Gasteiger partial charge in [-0.15, -0.1) is 0 Å². The van der Waals surface area contributed by atoms with Crippen LogP contribution in [0.5, 0.6) is 0 Å². The van der Waals surface area contributed by atoms with Gasteiger partial charge >= 0.3 is 5.97 Å². The van der Waals surface area contributed by atoms with Crippen molar-refractivity contribution in [3.05, 3.63) is 94.4 Å². The summed E-state index contributed by atoms with van der Waals surface area (Å²) in [6.07, 6.45) is 10.9. The van der Waals surface area contributed by atoms with E-state index in [1.807, 2.05) is 17.8 Å². The predicted octanol–water partition coefficient (Wildman–Crippen LogP) is 5.14. The van der Waals surface area contributed by atoms with E-state index in [1.165, 1.54) is 46.3 Å². The number of carbonyl (C=O) groups is 1. The lowest BCUT2D eigenvalue weighted by Crippen LogP contribution is -2.29. The highest BCUT2D eigenvalue weighted by Crippen LogP contribution is 2.38. The van der Waals surface area contributed by atoms with Crippen LogP contribution in [0.3, 0.4) is 0 Å². The summed E-state index contributed by atoms with van der Waals surface area (Å²) in [7, 11) is 5.52. The van der Waals surface area contributed by atoms with E-state index in [9.17, 15) is 4.79 Å². The molecule has 2 aromatic heterocycles. The Labute approximate surface area is 212 Å². The number of fused-ring (bicyclic) bond motifs is 2. The van der Waals surface area contributed by atoms with E-state index >= 15 is 0 Å². The fourth-order valence-corrected chi connectivity index (χ4v) is 5.59. The molecule has 2 aromatic carbocycles. The third-order valence-corrected chi connectivity index (χ3v) is 7.40. The maximum Gasteiger partial charge on any atom is 0.330 e. The Morgan fingerprint density at radius 3 is 2.78 bits per heavy atom. The summed E-state index contributed by atoms with van der Waals surface area (Å²) in [5.74, 6) is -0.333. The summed E-state index contributed by atoms with van der Waals surface area (Å²) < 4.78 is 8.88. The zero-order valence-corrected chi connectivity index (χ0v) is 21.6. The van der Waals surface area contributed by atoms with Crippen LogP contribution in [-0.4, -0.2) is 38.9 Å². The first-order chi connectivity index (χ1) is 17.4. The molecule has 4 aromatic rings. The molecule has 1 aliphatic carbocycles. The van der Waals surface area contributed by atoms with Crippen molar-refractivity contribution in [2.24, 2.45) is 14.1 Å². The number of esters is 1. The third-order valence-electron chi connectivity index (χ3n) is 7.40. The summed E-state index contributed by atoms with van der Waals surface area (Å²) >= 11 is 0. The molecule has 1 aliphatic rings. The number of methoxy groups -OCH3 is 1. The van der Waals surface area contributed by atoms with Crippen LogP contribution >= 0.6 is 0 Å². The first kappa shape index (κ1) is 24.1. The van der Waals surface area contributed by atoms with Crippen molar-refractivity contribution in [2.75, 3.05) is 13.7 Å². The molecule has 1 unspecified atom stereocenters. The normalized spacial score (nSPS) is 15.3. The highest BCUT2D eigenvalue weighted by atomic mass is 16.5. The molecule has 0 bridgehead atoms. The maximum atomic E-state index is 11.5. The van der Waals surface area contributed by atoms with Gasteiger partial charge in [0, 0.05) is 68.2 Å². The van der Waals surface area contributed by atoms with Crippen LogP contribution in [0.4, 0.5) is 0 Å². The smallest absolute Gasteiger partial charge is 0.330 e. The van der Waals surface area contributed by atoms with Gasteiger partial charge in [-0.3, -0.25) is 9.58 Å². The molecule has 0 fully saturated rings. The average molecular weight is 483 g/mol. The lowest BCUT2D eigenvalue weighted by Gasteiger charge is -2.29. The number of carbonyl (C=O) groups excluding carboxylic acids is 1. The van der Waals surface area contributed by atoms with Gasteiger partial charge < -0.3 is 9.30 Å². The molecule has 0 spiro atoms. The second-order valence-corrected chi connectivity index (χ2v) is 9.79. The molecule has 6 nitrogen and oxygen atoms in total. The van der Waals surface area contributed by atoms with Crippen molar-refractivity contribution in [1.82, 2.24) is 19.2 Å². The lowest BCUT2D eigenvalue weighted by atomic mass is 10.0. The fraction of sp³-hybridized carbons (Fsp3) is 0.333. The van der Waals surface area contributed by atoms with Crippen molar-refractivity contribution in [1.29, 1.82) is 0 Å². The van der Waals surface area contributed by atoms with Crippen LogP contribution in [0.25, 0.3) is 17.0 Å². The topological polar surface area (TPSA) is 52.3 Å². The molecule has 0 saturated carbocycles. The molecule has 0 saturated heterocycles. The number of para-hydroxylation sites is 1. The molecule has 6 heteroatoms. The van der Waals surface area contributed by atoms with E-state index in [1.54, 1.807) is 0 Å². The molecule has 0 N–H and O–H groups in total. The number of hydrogen-bond donors (Lipinski definition) is 0. The first-order valence-electron chi connectivity index (χ1n) is 12.6. The van der Waals surface area contributed by atoms with Gasteiger partial charge in [-0.25, -0.2) is 4.79 Å². The van der Waals surface area contributed by atoms with Gasteiger partial charge in [-0.1, -0.05) is 36.4 Å². The predicted molar refractivity (Wildman–Crippen MR) is 144 cm³/mol. The van der Waals surface area contributed by atoms with Gasteiger partial charge in [-0.2, -0.15) is 5.10 Å². The number of ether oxygens (including phenoxy) is 1. The molecular formula is C30H34N4O2. The van der Waals surface area contributed by atoms with Crippen molar-refractivity contribution < 1.29 is 9.53 Å². The van der Waals surface area contributed by atoms with Crippen molar-refractivity contribution in [3.63, 3.8) is 0 Å². The Bertz CT molecular complexity index is 1430. The van der Waals surface area contributed by atoms with E-state index in [-0.39, 0.29) is 5.97 Å². The molecule has 2 heterocycles. The van der Waals surface area contributed by atoms with Gasteiger partial charge in [0.1, 0.15) is 0 Å². The van der Waals surface area contributed by atoms with Crippen molar-refractivity contribution in [3.8, 4) is 0 Å². The van der Waals surface area contributed by atoms with Crippen LogP contribution in [0.2, 0.25) is 0 Å². The highest BCUT2D eigenvalue weighted by molar-refractivity contribution is 5.87. The third kappa shape index (κ3) is 4.86. The first-order valence-corrected chi connectivity index (χ1v) is 12.6. The molecule has 0 radical (unpaired) electrons. The fourth-order valence-electron chi connectivity index (χ4n) is 5.59. The number of aromatic nitrogens is 3. The summed E-state index contributed by atoms with van der Waals surface area (Å²) in [4.78, 5) is 14.1. The van der Waals surface area contributed by atoms with Crippen LogP contribution in [0, 0.1) is 6.92 Å². The van der Waals surface area contributed by atoms with Gasteiger partial charge in [0.15, 0.2) is 0 Å². The van der Waals surface area contributed by atoms with Gasteiger partial charge in [0.2, 0.25) is 0 Å². The van der Waals surface area contributed by atoms with E-state index < -0.39 is 0 Å². The molecule has 5 rings (SSSR count). The summed E-state index contributed by atoms with van der Waals surface area (Å²) in [5, 5.41) is 5.93. The summed E-state index contributed by atoms with van der Waals surface area (Å²) in [6.45, 7) is 3.94. The minimum atomic E-state index is -0.333. The largest absolute Gasteiger partial charge is 0.466 e. The molecule has 1 atom stereocenters. The minimum absolute atomic E-state index is 0.333. The quantitative estimate of drug-likeness (QED) is 0.258. The monoisotopic (exact) mass is 482 g/mol. The molecule has 36 heavy (non-hydrogen) atoms. The van der Waals surface area contributed by atoms with E-state index in [4.69, 9.17) is 4.74 Å². The van der Waals surface area contributed by atoms with Crippen molar-refractivity contribution in [2.45, 2.75) is 38.8 Å². The maximum absolute atomic E-state index is 11.5. The van der Waals surface area contributed by atoms with Gasteiger partial charge in [0.25, 0.3) is 0 Å². The Hall–Kier alpha value is -3.64. The zero-order valence-electron chi connectivity index (χ0n) is 21.6. The second kappa shape index (κ2) is 10.2. The highest BCUT2D eigenvalue weighted by Gasteiger charge is 2.29. The number of rotatable bonds is 8. The van der Waals surface area contributed by atoms with Crippen LogP contribution in [0.1, 0.15) is 46.0 Å². The van der Waals surface area contributed by atoms with Crippen LogP contribution < -0.4 is 0 Å². The standard InChI is InChI=1S/C30H34N4O2/c1-21-25(19-33(3)31-21)20-34(16-15-24-18-32(2)28-8-6-5-7-26(24)28)29-13-11-23-17-22(9-12-27(23)29)10-14-30(35)36-4/h5-10,12,14,17-19,29H,11,13,15-16,20H2,1-4H3. The molecule has 0 amide bonds. The van der Waals surface area contributed by atoms with Crippen molar-refractivity contribution >= 4 is 22.9 Å². The lowest BCUT2D eigenvalue weighted by molar-refractivity contribution is -0.134. The number of aryl methyl sites for hydroxylation is 4. The Kier molecular flexibility index (Phi) is 6.79. The second-order valence-electron chi connectivity index (χ2n) is 9.79. The number of nitrogens with zero attached hydrogens (tertiary/aromatic N) is 4. The Balaban J connectivity index is 1.42. The van der Waals surface area contributed by atoms with E-state index in [0.717, 1.165) is 43.6 Å². The SMILES string of the molecule is COC(=O)C=Cc1ccc2c(c1)CCC2N(CCc1cn(C)c2ccccc12)Cc1cn(C)nc1C. The van der Waals surface area contributed by atoms with Crippen LogP contribution in [-0.2, 0) is 43.0 Å². The number of hydrogen-bond acceptors (Lipinski definition) is 4. The van der Waals surface area contributed by atoms with E-state index in [0.29, 0.717) is 6.04 Å². The summed E-state index contributed by atoms with van der Waals surface area (Å²) in [6, 6.07) is 15.6. The van der Waals surface area contributed by atoms with E-state index in [2.05, 4.69) is 83.4 Å². The zero-order chi connectivity index (χ0) is 25.2. The Morgan fingerprint density at radius 2 is 2.00 bits per heavy atom.